The molecule has 2 heterocycles. The number of piperidine rings is 1. The Kier molecular flexibility index (Phi) is 8.79. The van der Waals surface area contributed by atoms with Crippen molar-refractivity contribution in [2.45, 2.75) is 33.1 Å². The maximum atomic E-state index is 13.4. The lowest BCUT2D eigenvalue weighted by Gasteiger charge is -2.30. The number of halogens is 1. The van der Waals surface area contributed by atoms with Crippen molar-refractivity contribution in [3.63, 3.8) is 0 Å². The highest BCUT2D eigenvalue weighted by Crippen LogP contribution is 2.30. The Morgan fingerprint density at radius 3 is 2.50 bits per heavy atom. The molecule has 3 rings (SSSR count). The predicted molar refractivity (Wildman–Crippen MR) is 127 cm³/mol. The van der Waals surface area contributed by atoms with Crippen LogP contribution in [-0.4, -0.2) is 61.2 Å². The SMILES string of the molecule is COCCCNC(=O)C1CCN(CC(=O)Nc2c(C#N)c(C)c(C)n2-c2ccc(F)cc2)CC1. The summed E-state index contributed by atoms with van der Waals surface area (Å²) in [7, 11) is 1.64. The van der Waals surface area contributed by atoms with Crippen LogP contribution < -0.4 is 10.6 Å². The van der Waals surface area contributed by atoms with Crippen molar-refractivity contribution >= 4 is 17.6 Å². The first-order valence-corrected chi connectivity index (χ1v) is 11.5. The molecule has 8 nitrogen and oxygen atoms in total. The lowest BCUT2D eigenvalue weighted by molar-refractivity contribution is -0.126. The molecule has 1 aromatic heterocycles. The monoisotopic (exact) mass is 469 g/mol. The van der Waals surface area contributed by atoms with Crippen molar-refractivity contribution in [2.24, 2.45) is 5.92 Å². The van der Waals surface area contributed by atoms with Gasteiger partial charge in [0.25, 0.3) is 0 Å². The highest BCUT2D eigenvalue weighted by molar-refractivity contribution is 5.93. The molecule has 1 aliphatic heterocycles. The molecule has 2 N–H and O–H groups in total. The van der Waals surface area contributed by atoms with Gasteiger partial charge < -0.3 is 15.4 Å². The van der Waals surface area contributed by atoms with E-state index in [-0.39, 0.29) is 30.1 Å². The summed E-state index contributed by atoms with van der Waals surface area (Å²) in [6.45, 7) is 6.36. The largest absolute Gasteiger partial charge is 0.385 e. The van der Waals surface area contributed by atoms with E-state index in [2.05, 4.69) is 16.7 Å². The van der Waals surface area contributed by atoms with Gasteiger partial charge in [0.15, 0.2) is 0 Å². The minimum atomic E-state index is -0.358. The van der Waals surface area contributed by atoms with Gasteiger partial charge in [-0.1, -0.05) is 0 Å². The van der Waals surface area contributed by atoms with Crippen molar-refractivity contribution in [1.82, 2.24) is 14.8 Å². The molecule has 1 fully saturated rings. The van der Waals surface area contributed by atoms with Crippen molar-refractivity contribution in [1.29, 1.82) is 5.26 Å². The van der Waals surface area contributed by atoms with Gasteiger partial charge in [-0.05, 0) is 76.0 Å². The minimum absolute atomic E-state index is 0.0481. The smallest absolute Gasteiger partial charge is 0.239 e. The van der Waals surface area contributed by atoms with Crippen LogP contribution in [0.4, 0.5) is 10.2 Å². The molecule has 0 aliphatic carbocycles. The van der Waals surface area contributed by atoms with Gasteiger partial charge in [0, 0.05) is 37.6 Å². The summed E-state index contributed by atoms with van der Waals surface area (Å²) in [5.41, 5.74) is 2.62. The summed E-state index contributed by atoms with van der Waals surface area (Å²) < 4.78 is 20.2. The first-order valence-electron chi connectivity index (χ1n) is 11.5. The second kappa shape index (κ2) is 11.8. The van der Waals surface area contributed by atoms with Gasteiger partial charge in [-0.3, -0.25) is 19.1 Å². The highest BCUT2D eigenvalue weighted by Gasteiger charge is 2.27. The van der Waals surface area contributed by atoms with Gasteiger partial charge in [-0.15, -0.1) is 0 Å². The molecule has 0 bridgehead atoms. The van der Waals surface area contributed by atoms with Crippen LogP contribution in [0.1, 0.15) is 36.1 Å². The number of aromatic nitrogens is 1. The molecule has 0 unspecified atom stereocenters. The first-order chi connectivity index (χ1) is 16.3. The third kappa shape index (κ3) is 6.01. The number of amides is 2. The fraction of sp³-hybridized carbons (Fsp3) is 0.480. The van der Waals surface area contributed by atoms with E-state index in [1.165, 1.54) is 12.1 Å². The quantitative estimate of drug-likeness (QED) is 0.550. The average molecular weight is 470 g/mol. The Labute approximate surface area is 199 Å². The molecule has 1 aromatic carbocycles. The molecule has 0 saturated carbocycles. The normalized spacial score (nSPS) is 14.6. The third-order valence-corrected chi connectivity index (χ3v) is 6.32. The number of rotatable bonds is 9. The van der Waals surface area contributed by atoms with E-state index in [9.17, 15) is 19.2 Å². The summed E-state index contributed by atoms with van der Waals surface area (Å²) >= 11 is 0. The summed E-state index contributed by atoms with van der Waals surface area (Å²) in [6.07, 6.45) is 2.17. The fourth-order valence-electron chi connectivity index (χ4n) is 4.27. The van der Waals surface area contributed by atoms with E-state index >= 15 is 0 Å². The van der Waals surface area contributed by atoms with Gasteiger partial charge in [-0.25, -0.2) is 4.39 Å². The Bertz CT molecular complexity index is 1050. The molecule has 34 heavy (non-hydrogen) atoms. The van der Waals surface area contributed by atoms with Crippen LogP contribution >= 0.6 is 0 Å². The molecule has 1 aliphatic rings. The van der Waals surface area contributed by atoms with Gasteiger partial charge in [0.1, 0.15) is 17.7 Å². The zero-order valence-corrected chi connectivity index (χ0v) is 20.0. The Balaban J connectivity index is 1.62. The molecule has 0 radical (unpaired) electrons. The number of carbonyl (C=O) groups is 2. The van der Waals surface area contributed by atoms with Crippen molar-refractivity contribution < 1.29 is 18.7 Å². The molecule has 2 amide bonds. The lowest BCUT2D eigenvalue weighted by atomic mass is 9.96. The van der Waals surface area contributed by atoms with Crippen molar-refractivity contribution in [2.75, 3.05) is 45.2 Å². The Morgan fingerprint density at radius 1 is 1.21 bits per heavy atom. The zero-order chi connectivity index (χ0) is 24.7. The van der Waals surface area contributed by atoms with Crippen LogP contribution in [0.15, 0.2) is 24.3 Å². The number of benzene rings is 1. The predicted octanol–water partition coefficient (Wildman–Crippen LogP) is 2.91. The van der Waals surface area contributed by atoms with Gasteiger partial charge in [-0.2, -0.15) is 5.26 Å². The summed E-state index contributed by atoms with van der Waals surface area (Å²) in [5.74, 6) is -0.197. The molecule has 9 heteroatoms. The van der Waals surface area contributed by atoms with Gasteiger partial charge >= 0.3 is 0 Å². The Morgan fingerprint density at radius 2 is 1.88 bits per heavy atom. The van der Waals surface area contributed by atoms with Crippen LogP contribution in [0.25, 0.3) is 5.69 Å². The number of hydrogen-bond donors (Lipinski definition) is 2. The van der Waals surface area contributed by atoms with E-state index in [4.69, 9.17) is 4.74 Å². The average Bonchev–Trinajstić information content (AvgIpc) is 3.06. The maximum Gasteiger partial charge on any atom is 0.239 e. The van der Waals surface area contributed by atoms with Crippen LogP contribution in [0.2, 0.25) is 0 Å². The van der Waals surface area contributed by atoms with Crippen molar-refractivity contribution in [3.05, 3.63) is 46.9 Å². The van der Waals surface area contributed by atoms with E-state index < -0.39 is 0 Å². The van der Waals surface area contributed by atoms with Gasteiger partial charge in [0.2, 0.25) is 11.8 Å². The molecular weight excluding hydrogens is 437 g/mol. The topological polar surface area (TPSA) is 99.4 Å². The van der Waals surface area contributed by atoms with E-state index in [0.717, 1.165) is 17.7 Å². The number of carbonyl (C=O) groups excluding carboxylic acids is 2. The number of methoxy groups -OCH3 is 1. The lowest BCUT2D eigenvalue weighted by Crippen LogP contribution is -2.43. The summed E-state index contributed by atoms with van der Waals surface area (Å²) in [5, 5.41) is 15.6. The standard InChI is InChI=1S/C25H32FN5O3/c1-17-18(2)31(21-7-5-20(26)6-8-21)24(22(17)15-27)29-23(32)16-30-12-9-19(10-13-30)25(33)28-11-4-14-34-3/h5-8,19H,4,9-14,16H2,1-3H3,(H,28,33)(H,29,32). The van der Waals surface area contributed by atoms with Crippen molar-refractivity contribution in [3.8, 4) is 11.8 Å². The highest BCUT2D eigenvalue weighted by atomic mass is 19.1. The van der Waals surface area contributed by atoms with Crippen LogP contribution in [-0.2, 0) is 14.3 Å². The molecule has 0 spiro atoms. The number of anilines is 1. The second-order valence-electron chi connectivity index (χ2n) is 8.59. The molecular formula is C25H32FN5O3. The second-order valence-corrected chi connectivity index (χ2v) is 8.59. The van der Waals surface area contributed by atoms with E-state index in [1.807, 2.05) is 18.7 Å². The van der Waals surface area contributed by atoms with Crippen LogP contribution in [0, 0.1) is 36.9 Å². The Hall–Kier alpha value is -3.22. The fourth-order valence-corrected chi connectivity index (χ4v) is 4.27. The summed E-state index contributed by atoms with van der Waals surface area (Å²) in [6, 6.07) is 8.11. The number of nitrogens with zero attached hydrogens (tertiary/aromatic N) is 3. The molecule has 2 aromatic rings. The van der Waals surface area contributed by atoms with Gasteiger partial charge in [0.05, 0.1) is 12.1 Å². The maximum absolute atomic E-state index is 13.4. The molecule has 1 saturated heterocycles. The van der Waals surface area contributed by atoms with E-state index in [0.29, 0.717) is 56.2 Å². The first kappa shape index (κ1) is 25.4. The molecule has 0 atom stereocenters. The number of likely N-dealkylation sites (tertiary alicyclic amines) is 1. The number of ether oxygens (including phenoxy) is 1. The van der Waals surface area contributed by atoms with Crippen LogP contribution in [0.3, 0.4) is 0 Å². The number of nitriles is 1. The van der Waals surface area contributed by atoms with Crippen LogP contribution in [0.5, 0.6) is 0 Å². The zero-order valence-electron chi connectivity index (χ0n) is 20.0. The molecule has 182 valence electrons. The number of hydrogen-bond acceptors (Lipinski definition) is 5. The minimum Gasteiger partial charge on any atom is -0.385 e. The summed E-state index contributed by atoms with van der Waals surface area (Å²) in [4.78, 5) is 27.2. The number of nitrogens with one attached hydrogen (secondary N) is 2. The van der Waals surface area contributed by atoms with E-state index in [1.54, 1.807) is 23.8 Å². The third-order valence-electron chi connectivity index (χ3n) is 6.32.